The summed E-state index contributed by atoms with van der Waals surface area (Å²) in [5.74, 6) is 0.730. The van der Waals surface area contributed by atoms with Gasteiger partial charge in [0.25, 0.3) is 0 Å². The van der Waals surface area contributed by atoms with Gasteiger partial charge in [0, 0.05) is 0 Å². The van der Waals surface area contributed by atoms with Crippen LogP contribution in [0.2, 0.25) is 5.15 Å². The summed E-state index contributed by atoms with van der Waals surface area (Å²) < 4.78 is 5.54. The highest BCUT2D eigenvalue weighted by molar-refractivity contribution is 6.29. The molecule has 0 fully saturated rings. The van der Waals surface area contributed by atoms with E-state index in [1.807, 2.05) is 24.3 Å². The summed E-state index contributed by atoms with van der Waals surface area (Å²) in [6.45, 7) is 0.335. The molecule has 0 spiro atoms. The Morgan fingerprint density at radius 3 is 2.56 bits per heavy atom. The van der Waals surface area contributed by atoms with Gasteiger partial charge in [-0.05, 0) is 17.7 Å². The lowest BCUT2D eigenvalue weighted by molar-refractivity contribution is 0.300. The minimum Gasteiger partial charge on any atom is -0.487 e. The summed E-state index contributed by atoms with van der Waals surface area (Å²) in [6.07, 6.45) is 3.46. The largest absolute Gasteiger partial charge is 0.487 e. The molecular weight excluding hydrogens is 250 g/mol. The van der Waals surface area contributed by atoms with Gasteiger partial charge in [-0.3, -0.25) is 4.98 Å². The zero-order chi connectivity index (χ0) is 12.8. The number of aromatic nitrogens is 2. The van der Waals surface area contributed by atoms with Crippen LogP contribution in [0.15, 0.2) is 36.7 Å². The van der Waals surface area contributed by atoms with E-state index in [1.165, 1.54) is 6.20 Å². The Hall–Kier alpha value is -2.12. The van der Waals surface area contributed by atoms with E-state index in [-0.39, 0.29) is 0 Å². The first-order chi connectivity index (χ1) is 8.78. The molecule has 0 saturated heterocycles. The third-order valence-electron chi connectivity index (χ3n) is 2.27. The third-order valence-corrected chi connectivity index (χ3v) is 2.46. The molecule has 0 N–H and O–H groups in total. The number of hydrogen-bond acceptors (Lipinski definition) is 4. The van der Waals surface area contributed by atoms with Crippen molar-refractivity contribution in [3.05, 3.63) is 53.1 Å². The van der Waals surface area contributed by atoms with Crippen molar-refractivity contribution in [3.63, 3.8) is 0 Å². The minimum atomic E-state index is 0.335. The minimum absolute atomic E-state index is 0.335. The van der Waals surface area contributed by atoms with E-state index in [4.69, 9.17) is 21.6 Å². The first kappa shape index (κ1) is 12.3. The third kappa shape index (κ3) is 3.44. The van der Waals surface area contributed by atoms with Crippen LogP contribution in [0.5, 0.6) is 5.75 Å². The molecular formula is C13H10ClN3O. The van der Waals surface area contributed by atoms with E-state index in [9.17, 15) is 0 Å². The van der Waals surface area contributed by atoms with Gasteiger partial charge in [-0.1, -0.05) is 23.7 Å². The van der Waals surface area contributed by atoms with Crippen LogP contribution in [0.4, 0.5) is 0 Å². The van der Waals surface area contributed by atoms with Crippen LogP contribution in [0.1, 0.15) is 11.3 Å². The maximum absolute atomic E-state index is 8.56. The lowest BCUT2D eigenvalue weighted by atomic mass is 10.2. The van der Waals surface area contributed by atoms with E-state index in [1.54, 1.807) is 6.20 Å². The van der Waals surface area contributed by atoms with E-state index < -0.39 is 0 Å². The molecule has 0 aliphatic heterocycles. The molecule has 1 aromatic carbocycles. The zero-order valence-corrected chi connectivity index (χ0v) is 10.3. The van der Waals surface area contributed by atoms with E-state index >= 15 is 0 Å². The molecule has 2 rings (SSSR count). The molecule has 5 heteroatoms. The van der Waals surface area contributed by atoms with Crippen LogP contribution in [-0.4, -0.2) is 9.97 Å². The molecule has 1 aromatic heterocycles. The van der Waals surface area contributed by atoms with Crippen molar-refractivity contribution < 1.29 is 4.74 Å². The topological polar surface area (TPSA) is 58.8 Å². The standard InChI is InChI=1S/C13H10ClN3O/c14-13-8-16-11(7-17-13)9-18-12-3-1-10(2-4-12)5-6-15/h1-4,7-8H,5,9H2. The molecule has 0 saturated carbocycles. The highest BCUT2D eigenvalue weighted by Crippen LogP contribution is 2.14. The van der Waals surface area contributed by atoms with Crippen molar-refractivity contribution in [1.82, 2.24) is 9.97 Å². The monoisotopic (exact) mass is 259 g/mol. The molecule has 0 atom stereocenters. The Morgan fingerprint density at radius 1 is 1.17 bits per heavy atom. The summed E-state index contributed by atoms with van der Waals surface area (Å²) in [5.41, 5.74) is 1.68. The van der Waals surface area contributed by atoms with Gasteiger partial charge >= 0.3 is 0 Å². The summed E-state index contributed by atoms with van der Waals surface area (Å²) in [7, 11) is 0. The van der Waals surface area contributed by atoms with Crippen molar-refractivity contribution in [3.8, 4) is 11.8 Å². The number of rotatable bonds is 4. The summed E-state index contributed by atoms with van der Waals surface area (Å²) in [6, 6.07) is 9.49. The molecule has 18 heavy (non-hydrogen) atoms. The summed E-state index contributed by atoms with van der Waals surface area (Å²) in [5, 5.41) is 8.92. The predicted molar refractivity (Wildman–Crippen MR) is 67.1 cm³/mol. The Labute approximate surface area is 110 Å². The van der Waals surface area contributed by atoms with Crippen molar-refractivity contribution >= 4 is 11.6 Å². The SMILES string of the molecule is N#CCc1ccc(OCc2cnc(Cl)cn2)cc1. The predicted octanol–water partition coefficient (Wildman–Crippen LogP) is 2.78. The molecule has 0 bridgehead atoms. The van der Waals surface area contributed by atoms with Crippen LogP contribution >= 0.6 is 11.6 Å². The molecule has 1 heterocycles. The Balaban J connectivity index is 1.94. The van der Waals surface area contributed by atoms with Crippen LogP contribution in [0.25, 0.3) is 0 Å². The number of hydrogen-bond donors (Lipinski definition) is 0. The first-order valence-electron chi connectivity index (χ1n) is 5.33. The molecule has 0 unspecified atom stereocenters. The number of nitrogens with zero attached hydrogens (tertiary/aromatic N) is 3. The highest BCUT2D eigenvalue weighted by Gasteiger charge is 1.99. The maximum atomic E-state index is 8.56. The van der Waals surface area contributed by atoms with Crippen molar-refractivity contribution in [2.24, 2.45) is 0 Å². The summed E-state index contributed by atoms with van der Waals surface area (Å²) in [4.78, 5) is 7.99. The van der Waals surface area contributed by atoms with E-state index in [0.717, 1.165) is 11.3 Å². The zero-order valence-electron chi connectivity index (χ0n) is 9.51. The fourth-order valence-corrected chi connectivity index (χ4v) is 1.46. The summed E-state index contributed by atoms with van der Waals surface area (Å²) >= 11 is 5.64. The Kier molecular flexibility index (Phi) is 4.11. The van der Waals surface area contributed by atoms with Crippen LogP contribution in [0.3, 0.4) is 0 Å². The molecule has 4 nitrogen and oxygen atoms in total. The van der Waals surface area contributed by atoms with Gasteiger partial charge in [-0.2, -0.15) is 5.26 Å². The van der Waals surface area contributed by atoms with Gasteiger partial charge in [0.05, 0.1) is 30.6 Å². The number of benzene rings is 1. The van der Waals surface area contributed by atoms with Gasteiger partial charge in [0.15, 0.2) is 0 Å². The fraction of sp³-hybridized carbons (Fsp3) is 0.154. The molecule has 0 aliphatic carbocycles. The lowest BCUT2D eigenvalue weighted by Crippen LogP contribution is -1.98. The van der Waals surface area contributed by atoms with Gasteiger partial charge in [0.2, 0.25) is 0 Å². The van der Waals surface area contributed by atoms with Gasteiger partial charge < -0.3 is 4.74 Å². The van der Waals surface area contributed by atoms with Gasteiger partial charge in [0.1, 0.15) is 17.5 Å². The molecule has 2 aromatic rings. The second-order valence-corrected chi connectivity index (χ2v) is 3.99. The van der Waals surface area contributed by atoms with E-state index in [2.05, 4.69) is 16.0 Å². The second-order valence-electron chi connectivity index (χ2n) is 3.60. The second kappa shape index (κ2) is 5.99. The van der Waals surface area contributed by atoms with Crippen LogP contribution < -0.4 is 4.74 Å². The van der Waals surface area contributed by atoms with Gasteiger partial charge in [-0.25, -0.2) is 4.98 Å². The highest BCUT2D eigenvalue weighted by atomic mass is 35.5. The average molecular weight is 260 g/mol. The molecule has 0 aliphatic rings. The van der Waals surface area contributed by atoms with Crippen LogP contribution in [-0.2, 0) is 13.0 Å². The molecule has 0 radical (unpaired) electrons. The van der Waals surface area contributed by atoms with Gasteiger partial charge in [-0.15, -0.1) is 0 Å². The molecule has 0 amide bonds. The number of halogens is 1. The quantitative estimate of drug-likeness (QED) is 0.847. The molecule has 90 valence electrons. The Bertz CT molecular complexity index is 546. The normalized spacial score (nSPS) is 9.78. The van der Waals surface area contributed by atoms with Crippen LogP contribution in [0, 0.1) is 11.3 Å². The van der Waals surface area contributed by atoms with Crippen molar-refractivity contribution in [2.45, 2.75) is 13.0 Å². The lowest BCUT2D eigenvalue weighted by Gasteiger charge is -2.05. The van der Waals surface area contributed by atoms with Crippen molar-refractivity contribution in [2.75, 3.05) is 0 Å². The first-order valence-corrected chi connectivity index (χ1v) is 5.71. The smallest absolute Gasteiger partial charge is 0.147 e. The van der Waals surface area contributed by atoms with E-state index in [0.29, 0.717) is 23.9 Å². The Morgan fingerprint density at radius 2 is 1.94 bits per heavy atom. The number of ether oxygens (including phenoxy) is 1. The fourth-order valence-electron chi connectivity index (χ4n) is 1.37. The average Bonchev–Trinajstić information content (AvgIpc) is 2.40. The maximum Gasteiger partial charge on any atom is 0.147 e. The number of nitriles is 1. The van der Waals surface area contributed by atoms with Crippen molar-refractivity contribution in [1.29, 1.82) is 5.26 Å².